The van der Waals surface area contributed by atoms with Gasteiger partial charge >= 0.3 is 20.8 Å². The normalized spacial score (nSPS) is 13.8. The summed E-state index contributed by atoms with van der Waals surface area (Å²) in [5.74, 6) is -3.30. The van der Waals surface area contributed by atoms with Gasteiger partial charge in [0.2, 0.25) is 0 Å². The second-order valence-corrected chi connectivity index (χ2v) is 21.7. The Kier molecular flexibility index (Phi) is 13.5. The van der Waals surface area contributed by atoms with E-state index in [1.165, 1.54) is 6.07 Å². The minimum Gasteiger partial charge on any atom is -0.505 e. The summed E-state index contributed by atoms with van der Waals surface area (Å²) in [6.45, 7) is -2.19. The lowest BCUT2D eigenvalue weighted by atomic mass is 10.1. The molecule has 4 aromatic rings. The maximum atomic E-state index is 12.6. The Hall–Kier alpha value is -4.49. The molecule has 0 saturated heterocycles. The maximum absolute atomic E-state index is 12.6. The quantitative estimate of drug-likeness (QED) is 0.0653. The van der Waals surface area contributed by atoms with Crippen LogP contribution in [0, 0.1) is 0 Å². The number of sulfone groups is 2. The van der Waals surface area contributed by atoms with E-state index in [9.17, 15) is 77.7 Å². The van der Waals surface area contributed by atoms with Gasteiger partial charge < -0.3 is 5.11 Å². The molecule has 0 radical (unpaired) electrons. The van der Waals surface area contributed by atoms with Gasteiger partial charge in [-0.1, -0.05) is 12.1 Å². The average Bonchev–Trinajstić information content (AvgIpc) is 3.07. The lowest BCUT2D eigenvalue weighted by Gasteiger charge is -2.11. The SMILES string of the molecule is O=S(=O)(O)OCCS(=O)(=O)c1ccc(N=Nc2c(S(=O)(=O)O)cc3c(N=Nc4ccc(S(=O)(=O)CCOS(=O)(=O)O)cc4S(=O)(=O)O)cccc3c2O)c(S(=O)(=O)O)c1. The van der Waals surface area contributed by atoms with Crippen molar-refractivity contribution in [3.8, 4) is 5.75 Å². The molecule has 0 fully saturated rings. The summed E-state index contributed by atoms with van der Waals surface area (Å²) in [4.78, 5) is -5.26. The first-order valence-electron chi connectivity index (χ1n) is 14.8. The van der Waals surface area contributed by atoms with E-state index in [1.54, 1.807) is 0 Å². The Morgan fingerprint density at radius 2 is 0.864 bits per heavy atom. The number of rotatable bonds is 17. The van der Waals surface area contributed by atoms with Crippen LogP contribution in [0.2, 0.25) is 0 Å². The van der Waals surface area contributed by atoms with Crippen LogP contribution in [0.1, 0.15) is 0 Å². The number of azo groups is 2. The summed E-state index contributed by atoms with van der Waals surface area (Å²) in [6, 6.07) is 7.72. The molecule has 0 bridgehead atoms. The lowest BCUT2D eigenvalue weighted by Crippen LogP contribution is -2.16. The molecule has 0 aliphatic heterocycles. The van der Waals surface area contributed by atoms with Gasteiger partial charge in [-0.05, 0) is 48.5 Å². The highest BCUT2D eigenvalue weighted by Crippen LogP contribution is 2.45. The number of phenolic OH excluding ortho intramolecular Hbond substituents is 1. The van der Waals surface area contributed by atoms with Gasteiger partial charge in [0, 0.05) is 10.8 Å². The van der Waals surface area contributed by atoms with Gasteiger partial charge in [0.05, 0.1) is 40.2 Å². The molecule has 0 aliphatic rings. The van der Waals surface area contributed by atoms with Gasteiger partial charge in [-0.25, -0.2) is 25.2 Å². The highest BCUT2D eigenvalue weighted by Gasteiger charge is 2.27. The van der Waals surface area contributed by atoms with E-state index < -0.39 is 143 Å². The molecule has 0 aromatic heterocycles. The minimum atomic E-state index is -5.41. The van der Waals surface area contributed by atoms with Crippen LogP contribution < -0.4 is 0 Å². The average molecular weight is 969 g/mol. The molecule has 0 atom stereocenters. The van der Waals surface area contributed by atoms with E-state index in [2.05, 4.69) is 28.8 Å². The van der Waals surface area contributed by atoms with Gasteiger partial charge in [0.15, 0.2) is 25.4 Å². The largest absolute Gasteiger partial charge is 0.505 e. The lowest BCUT2D eigenvalue weighted by molar-refractivity contribution is 0.282. The number of hydrogen-bond donors (Lipinski definition) is 6. The highest BCUT2D eigenvalue weighted by molar-refractivity contribution is 7.92. The van der Waals surface area contributed by atoms with Crippen LogP contribution in [0.3, 0.4) is 0 Å². The Balaban J connectivity index is 1.81. The summed E-state index contributed by atoms with van der Waals surface area (Å²) in [7, 11) is -35.2. The van der Waals surface area contributed by atoms with Crippen LogP contribution in [-0.4, -0.2) is 112 Å². The van der Waals surface area contributed by atoms with Crippen LogP contribution in [0.5, 0.6) is 5.75 Å². The molecule has 0 aliphatic carbocycles. The monoisotopic (exact) mass is 968 g/mol. The first kappa shape index (κ1) is 47.2. The van der Waals surface area contributed by atoms with Crippen LogP contribution in [0.4, 0.5) is 22.7 Å². The Labute approximate surface area is 333 Å². The second kappa shape index (κ2) is 16.9. The molecule has 0 spiro atoms. The highest BCUT2D eigenvalue weighted by atomic mass is 32.3. The number of hydrogen-bond acceptors (Lipinski definition) is 21. The van der Waals surface area contributed by atoms with Gasteiger partial charge in [-0.2, -0.15) is 42.1 Å². The number of nitrogens with zero attached hydrogens (tertiary/aromatic N) is 4. The number of benzene rings is 4. The van der Waals surface area contributed by atoms with Crippen LogP contribution >= 0.6 is 0 Å². The van der Waals surface area contributed by atoms with Crippen LogP contribution in [0.25, 0.3) is 10.8 Å². The van der Waals surface area contributed by atoms with E-state index >= 15 is 0 Å². The van der Waals surface area contributed by atoms with Gasteiger partial charge in [0.1, 0.15) is 31.7 Å². The van der Waals surface area contributed by atoms with Crippen molar-refractivity contribution in [2.75, 3.05) is 24.7 Å². The van der Waals surface area contributed by atoms with E-state index in [-0.39, 0.29) is 16.5 Å². The molecular formula is C26H24N4O22S7. The Bertz CT molecular complexity index is 3220. The van der Waals surface area contributed by atoms with E-state index in [0.717, 1.165) is 24.3 Å². The first-order valence-corrected chi connectivity index (χ1v) is 25.2. The molecule has 26 nitrogen and oxygen atoms in total. The molecule has 33 heteroatoms. The first-order chi connectivity index (χ1) is 26.8. The second-order valence-electron chi connectivity index (χ2n) is 11.2. The minimum absolute atomic E-state index is 0.338. The molecule has 0 heterocycles. The van der Waals surface area contributed by atoms with Crippen molar-refractivity contribution in [1.29, 1.82) is 0 Å². The molecule has 59 heavy (non-hydrogen) atoms. The number of aromatic hydroxyl groups is 1. The maximum Gasteiger partial charge on any atom is 0.397 e. The molecule has 0 unspecified atom stereocenters. The summed E-state index contributed by atoms with van der Waals surface area (Å²) in [5.41, 5.74) is -3.05. The zero-order valence-corrected chi connectivity index (χ0v) is 34.2. The fourth-order valence-electron chi connectivity index (χ4n) is 4.64. The predicted molar refractivity (Wildman–Crippen MR) is 195 cm³/mol. The molecule has 4 rings (SSSR count). The summed E-state index contributed by atoms with van der Waals surface area (Å²) < 4.78 is 222. The van der Waals surface area contributed by atoms with Crippen molar-refractivity contribution in [3.05, 3.63) is 60.7 Å². The summed E-state index contributed by atoms with van der Waals surface area (Å²) in [5, 5.41) is 24.9. The van der Waals surface area contributed by atoms with E-state index in [4.69, 9.17) is 9.11 Å². The summed E-state index contributed by atoms with van der Waals surface area (Å²) >= 11 is 0. The molecular weight excluding hydrogens is 945 g/mol. The molecule has 0 saturated carbocycles. The predicted octanol–water partition coefficient (Wildman–Crippen LogP) is 2.30. The number of fused-ring (bicyclic) bond motifs is 1. The van der Waals surface area contributed by atoms with Crippen molar-refractivity contribution in [3.63, 3.8) is 0 Å². The Morgan fingerprint density at radius 1 is 0.458 bits per heavy atom. The standard InChI is InChI=1S/C26H24N4O22S7/c31-26-17-2-1-3-19(27-28-20-6-4-15(12-22(20)55(36,37)38)53(32,33)10-8-51-58(45,46)47)18(17)14-24(57(42,43)44)25(26)30-29-21-7-5-16(13-23(21)56(39,40)41)54(34,35)11-9-52-59(48,49)50/h1-7,12-14,31H,8-11H2,(H,36,37,38)(H,39,40,41)(H,42,43,44)(H,45,46,47)(H,48,49,50). The topological polar surface area (TPSA) is 428 Å². The molecule has 0 amide bonds. The Morgan fingerprint density at radius 3 is 1.27 bits per heavy atom. The zero-order valence-electron chi connectivity index (χ0n) is 28.5. The third-order valence-corrected chi connectivity index (χ3v) is 14.1. The molecule has 322 valence electrons. The van der Waals surface area contributed by atoms with Gasteiger partial charge in [0.25, 0.3) is 30.4 Å². The van der Waals surface area contributed by atoms with Gasteiger partial charge in [-0.15, -0.1) is 20.5 Å². The van der Waals surface area contributed by atoms with Crippen molar-refractivity contribution in [2.24, 2.45) is 20.5 Å². The van der Waals surface area contributed by atoms with Crippen LogP contribution in [0.15, 0.2) is 106 Å². The van der Waals surface area contributed by atoms with Crippen molar-refractivity contribution < 1.29 is 95.2 Å². The van der Waals surface area contributed by atoms with E-state index in [1.807, 2.05) is 0 Å². The smallest absolute Gasteiger partial charge is 0.397 e. The zero-order chi connectivity index (χ0) is 44.6. The van der Waals surface area contributed by atoms with Crippen molar-refractivity contribution in [2.45, 2.75) is 24.5 Å². The molecule has 4 aromatic carbocycles. The molecule has 6 N–H and O–H groups in total. The van der Waals surface area contributed by atoms with Crippen molar-refractivity contribution >= 4 is 104 Å². The van der Waals surface area contributed by atoms with Crippen molar-refractivity contribution in [1.82, 2.24) is 0 Å². The third-order valence-electron chi connectivity index (χ3n) is 7.18. The van der Waals surface area contributed by atoms with E-state index in [0.29, 0.717) is 30.3 Å². The fourth-order valence-corrected chi connectivity index (χ4v) is 9.75. The van der Waals surface area contributed by atoms with Gasteiger partial charge in [-0.3, -0.25) is 22.8 Å². The van der Waals surface area contributed by atoms with Crippen LogP contribution in [-0.2, 0) is 79.2 Å². The number of phenols is 1. The third kappa shape index (κ3) is 12.3. The summed E-state index contributed by atoms with van der Waals surface area (Å²) in [6.07, 6.45) is 0. The fraction of sp³-hybridized carbons (Fsp3) is 0.154.